The Balaban J connectivity index is 1.48. The lowest BCUT2D eigenvalue weighted by atomic mass is 10.1. The first kappa shape index (κ1) is 20.5. The molecule has 0 saturated carbocycles. The normalized spacial score (nSPS) is 12.2. The molecule has 2 aromatic carbocycles. The van der Waals surface area contributed by atoms with Gasteiger partial charge in [0, 0.05) is 10.9 Å². The number of thioether (sulfide) groups is 1. The van der Waals surface area contributed by atoms with Crippen molar-refractivity contribution in [3.05, 3.63) is 82.5 Å². The van der Waals surface area contributed by atoms with Crippen molar-refractivity contribution in [2.75, 3.05) is 7.11 Å². The highest BCUT2D eigenvalue weighted by Gasteiger charge is 2.20. The van der Waals surface area contributed by atoms with E-state index >= 15 is 0 Å². The molecule has 5 rings (SSSR count). The number of aromatic nitrogens is 5. The number of nitrogens with zero attached hydrogens (tertiary/aromatic N) is 4. The summed E-state index contributed by atoms with van der Waals surface area (Å²) in [5, 5.41) is 11.5. The van der Waals surface area contributed by atoms with Gasteiger partial charge in [0.1, 0.15) is 22.7 Å². The van der Waals surface area contributed by atoms with Crippen LogP contribution in [0.25, 0.3) is 27.0 Å². The van der Waals surface area contributed by atoms with Gasteiger partial charge in [0.2, 0.25) is 0 Å². The molecule has 0 aliphatic rings. The first-order valence-electron chi connectivity index (χ1n) is 9.92. The standard InChI is InChI=1S/C23H19N5O2S2/c1-14(32-23-27-24-13-28(23)17-10-6-7-11-18(17)30-2)20-25-21(29)19-16(12-31-22(19)26-20)15-8-4-3-5-9-15/h3-14H,1-2H3,(H,25,26,29). The van der Waals surface area contributed by atoms with E-state index in [1.807, 2.05) is 71.5 Å². The van der Waals surface area contributed by atoms with Gasteiger partial charge in [0.25, 0.3) is 5.56 Å². The number of methoxy groups -OCH3 is 1. The number of benzene rings is 2. The van der Waals surface area contributed by atoms with Gasteiger partial charge in [-0.1, -0.05) is 54.2 Å². The van der Waals surface area contributed by atoms with Crippen LogP contribution >= 0.6 is 23.1 Å². The Hall–Kier alpha value is -3.43. The van der Waals surface area contributed by atoms with Crippen LogP contribution in [0.4, 0.5) is 0 Å². The maximum Gasteiger partial charge on any atom is 0.260 e. The van der Waals surface area contributed by atoms with Gasteiger partial charge >= 0.3 is 0 Å². The highest BCUT2D eigenvalue weighted by atomic mass is 32.2. The molecule has 5 aromatic rings. The summed E-state index contributed by atoms with van der Waals surface area (Å²) >= 11 is 2.95. The number of rotatable bonds is 6. The van der Waals surface area contributed by atoms with Gasteiger partial charge in [0.15, 0.2) is 5.16 Å². The third kappa shape index (κ3) is 3.69. The van der Waals surface area contributed by atoms with E-state index in [2.05, 4.69) is 15.2 Å². The fourth-order valence-corrected chi connectivity index (χ4v) is 5.35. The summed E-state index contributed by atoms with van der Waals surface area (Å²) in [5.41, 5.74) is 2.62. The molecule has 0 bridgehead atoms. The van der Waals surface area contributed by atoms with Crippen LogP contribution in [0.15, 0.2) is 76.3 Å². The first-order chi connectivity index (χ1) is 15.7. The average Bonchev–Trinajstić information content (AvgIpc) is 3.47. The van der Waals surface area contributed by atoms with E-state index in [4.69, 9.17) is 9.72 Å². The first-order valence-corrected chi connectivity index (χ1v) is 11.7. The van der Waals surface area contributed by atoms with Crippen LogP contribution in [0.2, 0.25) is 0 Å². The smallest absolute Gasteiger partial charge is 0.260 e. The summed E-state index contributed by atoms with van der Waals surface area (Å²) in [5.74, 6) is 1.32. The lowest BCUT2D eigenvalue weighted by Crippen LogP contribution is -2.12. The Morgan fingerprint density at radius 3 is 2.72 bits per heavy atom. The lowest BCUT2D eigenvalue weighted by molar-refractivity contribution is 0.412. The topological polar surface area (TPSA) is 85.7 Å². The van der Waals surface area contributed by atoms with E-state index < -0.39 is 0 Å². The van der Waals surface area contributed by atoms with Crippen molar-refractivity contribution in [2.45, 2.75) is 17.3 Å². The van der Waals surface area contributed by atoms with Crippen LogP contribution in [-0.2, 0) is 0 Å². The monoisotopic (exact) mass is 461 g/mol. The van der Waals surface area contributed by atoms with Crippen LogP contribution in [0.1, 0.15) is 18.0 Å². The number of H-pyrrole nitrogens is 1. The fourth-order valence-electron chi connectivity index (χ4n) is 3.50. The van der Waals surface area contributed by atoms with E-state index in [-0.39, 0.29) is 10.8 Å². The molecule has 9 heteroatoms. The van der Waals surface area contributed by atoms with E-state index in [0.717, 1.165) is 27.4 Å². The molecule has 0 spiro atoms. The molecule has 1 N–H and O–H groups in total. The van der Waals surface area contributed by atoms with E-state index in [0.29, 0.717) is 16.4 Å². The number of aromatic amines is 1. The number of fused-ring (bicyclic) bond motifs is 1. The molecule has 0 aliphatic heterocycles. The summed E-state index contributed by atoms with van der Waals surface area (Å²) in [6.07, 6.45) is 1.65. The SMILES string of the molecule is COc1ccccc1-n1cnnc1SC(C)c1nc2scc(-c3ccccc3)c2c(=O)[nH]1. The second-order valence-electron chi connectivity index (χ2n) is 7.06. The number of para-hydroxylation sites is 2. The predicted molar refractivity (Wildman–Crippen MR) is 128 cm³/mol. The lowest BCUT2D eigenvalue weighted by Gasteiger charge is -2.13. The number of thiophene rings is 1. The van der Waals surface area contributed by atoms with Gasteiger partial charge in [-0.15, -0.1) is 21.5 Å². The zero-order chi connectivity index (χ0) is 22.1. The minimum absolute atomic E-state index is 0.135. The molecule has 7 nitrogen and oxygen atoms in total. The molecule has 1 atom stereocenters. The van der Waals surface area contributed by atoms with Crippen molar-refractivity contribution in [2.24, 2.45) is 0 Å². The van der Waals surface area contributed by atoms with Crippen LogP contribution in [-0.4, -0.2) is 31.8 Å². The van der Waals surface area contributed by atoms with Crippen molar-refractivity contribution in [3.8, 4) is 22.6 Å². The highest BCUT2D eigenvalue weighted by molar-refractivity contribution is 7.99. The van der Waals surface area contributed by atoms with Gasteiger partial charge in [-0.05, 0) is 24.6 Å². The van der Waals surface area contributed by atoms with Gasteiger partial charge in [-0.3, -0.25) is 9.36 Å². The van der Waals surface area contributed by atoms with Gasteiger partial charge in [0.05, 0.1) is 23.4 Å². The maximum absolute atomic E-state index is 13.0. The minimum Gasteiger partial charge on any atom is -0.495 e. The quantitative estimate of drug-likeness (QED) is 0.354. The number of hydrogen-bond acceptors (Lipinski definition) is 7. The molecule has 0 aliphatic carbocycles. The number of nitrogens with one attached hydrogen (secondary N) is 1. The summed E-state index contributed by atoms with van der Waals surface area (Å²) < 4.78 is 7.34. The second-order valence-corrected chi connectivity index (χ2v) is 9.23. The van der Waals surface area contributed by atoms with E-state index in [1.54, 1.807) is 13.4 Å². The summed E-state index contributed by atoms with van der Waals surface area (Å²) in [4.78, 5) is 21.4. The average molecular weight is 462 g/mol. The van der Waals surface area contributed by atoms with E-state index in [1.165, 1.54) is 23.1 Å². The van der Waals surface area contributed by atoms with Crippen molar-refractivity contribution >= 4 is 33.3 Å². The zero-order valence-corrected chi connectivity index (χ0v) is 19.0. The van der Waals surface area contributed by atoms with Crippen LogP contribution in [0.3, 0.4) is 0 Å². The maximum atomic E-state index is 13.0. The second kappa shape index (κ2) is 8.60. The van der Waals surface area contributed by atoms with Crippen LogP contribution < -0.4 is 10.3 Å². The van der Waals surface area contributed by atoms with Gasteiger partial charge in [-0.25, -0.2) is 4.98 Å². The molecule has 0 fully saturated rings. The van der Waals surface area contributed by atoms with Crippen molar-refractivity contribution in [1.29, 1.82) is 0 Å². The molecule has 3 heterocycles. The van der Waals surface area contributed by atoms with Gasteiger partial charge < -0.3 is 9.72 Å². The molecule has 0 radical (unpaired) electrons. The zero-order valence-electron chi connectivity index (χ0n) is 17.4. The third-order valence-electron chi connectivity index (χ3n) is 5.08. The molecule has 0 amide bonds. The molecular formula is C23H19N5O2S2. The minimum atomic E-state index is -0.146. The number of hydrogen-bond donors (Lipinski definition) is 1. The van der Waals surface area contributed by atoms with Crippen molar-refractivity contribution in [1.82, 2.24) is 24.7 Å². The molecule has 160 valence electrons. The van der Waals surface area contributed by atoms with Gasteiger partial charge in [-0.2, -0.15) is 0 Å². The molecule has 1 unspecified atom stereocenters. The van der Waals surface area contributed by atoms with Crippen LogP contribution in [0.5, 0.6) is 5.75 Å². The number of ether oxygens (including phenoxy) is 1. The summed E-state index contributed by atoms with van der Waals surface area (Å²) in [6, 6.07) is 17.6. The largest absolute Gasteiger partial charge is 0.495 e. The van der Waals surface area contributed by atoms with Crippen molar-refractivity contribution in [3.63, 3.8) is 0 Å². The molecule has 0 saturated heterocycles. The Morgan fingerprint density at radius 1 is 1.12 bits per heavy atom. The summed E-state index contributed by atoms with van der Waals surface area (Å²) in [6.45, 7) is 1.99. The van der Waals surface area contributed by atoms with E-state index in [9.17, 15) is 4.79 Å². The highest BCUT2D eigenvalue weighted by Crippen LogP contribution is 2.36. The fraction of sp³-hybridized carbons (Fsp3) is 0.130. The Morgan fingerprint density at radius 2 is 1.91 bits per heavy atom. The Labute approximate surface area is 192 Å². The molecule has 3 aromatic heterocycles. The third-order valence-corrected chi connectivity index (χ3v) is 7.01. The Kier molecular flexibility index (Phi) is 5.50. The van der Waals surface area contributed by atoms with Crippen LogP contribution in [0, 0.1) is 0 Å². The Bertz CT molecular complexity index is 1440. The van der Waals surface area contributed by atoms with Crippen molar-refractivity contribution < 1.29 is 4.74 Å². The molecule has 32 heavy (non-hydrogen) atoms. The predicted octanol–water partition coefficient (Wildman–Crippen LogP) is 5.09. The summed E-state index contributed by atoms with van der Waals surface area (Å²) in [7, 11) is 1.63. The molecular weight excluding hydrogens is 442 g/mol.